The van der Waals surface area contributed by atoms with Crippen molar-refractivity contribution < 1.29 is 22.7 Å². The highest BCUT2D eigenvalue weighted by molar-refractivity contribution is 5.89. The van der Waals surface area contributed by atoms with E-state index in [1.807, 2.05) is 0 Å². The number of urea groups is 1. The van der Waals surface area contributed by atoms with Gasteiger partial charge in [0.15, 0.2) is 5.69 Å². The summed E-state index contributed by atoms with van der Waals surface area (Å²) in [5.41, 5.74) is 0.509. The van der Waals surface area contributed by atoms with Crippen LogP contribution < -0.4 is 10.6 Å². The first-order valence-electron chi connectivity index (χ1n) is 8.21. The number of nitrogens with zero attached hydrogens (tertiary/aromatic N) is 2. The molecule has 3 rings (SSSR count). The van der Waals surface area contributed by atoms with E-state index in [2.05, 4.69) is 15.7 Å². The molecule has 2 N–H and O–H groups in total. The van der Waals surface area contributed by atoms with E-state index >= 15 is 0 Å². The summed E-state index contributed by atoms with van der Waals surface area (Å²) < 4.78 is 44.9. The molecule has 1 atom stereocenters. The van der Waals surface area contributed by atoms with Gasteiger partial charge in [-0.05, 0) is 36.6 Å². The molecule has 140 valence electrons. The lowest BCUT2D eigenvalue weighted by Crippen LogP contribution is -2.34. The number of rotatable bonds is 4. The highest BCUT2D eigenvalue weighted by atomic mass is 19.4. The fraction of sp³-hybridized carbons (Fsp3) is 0.412. The minimum Gasteiger partial charge on any atom is -0.376 e. The Bertz CT molecular complexity index is 765. The fourth-order valence-electron chi connectivity index (χ4n) is 2.79. The molecule has 1 aromatic carbocycles. The molecule has 9 heteroatoms. The lowest BCUT2D eigenvalue weighted by atomic mass is 10.1. The van der Waals surface area contributed by atoms with E-state index in [4.69, 9.17) is 4.74 Å². The summed E-state index contributed by atoms with van der Waals surface area (Å²) in [6.07, 6.45) is -2.51. The van der Waals surface area contributed by atoms with Crippen LogP contribution in [0.3, 0.4) is 0 Å². The quantitative estimate of drug-likeness (QED) is 0.869. The average Bonchev–Trinajstić information content (AvgIpc) is 3.23. The molecule has 0 aliphatic carbocycles. The highest BCUT2D eigenvalue weighted by Gasteiger charge is 2.34. The molecule has 0 spiro atoms. The number of nitrogens with one attached hydrogen (secondary N) is 2. The van der Waals surface area contributed by atoms with Crippen LogP contribution in [0.1, 0.15) is 18.5 Å². The van der Waals surface area contributed by atoms with Crippen molar-refractivity contribution in [3.05, 3.63) is 36.0 Å². The first-order chi connectivity index (χ1) is 12.3. The lowest BCUT2D eigenvalue weighted by Gasteiger charge is -2.12. The topological polar surface area (TPSA) is 68.2 Å². The van der Waals surface area contributed by atoms with Crippen LogP contribution in [0.15, 0.2) is 30.3 Å². The summed E-state index contributed by atoms with van der Waals surface area (Å²) in [6.45, 7) is 1.17. The third-order valence-corrected chi connectivity index (χ3v) is 4.12. The van der Waals surface area contributed by atoms with Gasteiger partial charge in [0.1, 0.15) is 0 Å². The van der Waals surface area contributed by atoms with Crippen LogP contribution in [-0.4, -0.2) is 35.1 Å². The number of hydrogen-bond acceptors (Lipinski definition) is 3. The molecule has 2 heterocycles. The molecular formula is C17H19F3N4O2. The molecule has 2 amide bonds. The summed E-state index contributed by atoms with van der Waals surface area (Å²) in [4.78, 5) is 11.9. The standard InChI is InChI=1S/C17H19F3N4O2/c1-24-14(9-15(23-24)17(18,19)20)11-4-6-12(7-5-11)22-16(25)21-10-13-3-2-8-26-13/h4-7,9,13H,2-3,8,10H2,1H3,(H2,21,22,25). The molecule has 2 aromatic rings. The molecule has 1 saturated heterocycles. The van der Waals surface area contributed by atoms with Gasteiger partial charge in [0.25, 0.3) is 0 Å². The number of anilines is 1. The van der Waals surface area contributed by atoms with E-state index in [1.54, 1.807) is 24.3 Å². The molecule has 26 heavy (non-hydrogen) atoms. The van der Waals surface area contributed by atoms with Crippen molar-refractivity contribution in [2.45, 2.75) is 25.1 Å². The van der Waals surface area contributed by atoms with Crippen LogP contribution in [0, 0.1) is 0 Å². The third kappa shape index (κ3) is 4.34. The normalized spacial score (nSPS) is 17.3. The van der Waals surface area contributed by atoms with Gasteiger partial charge in [-0.15, -0.1) is 0 Å². The van der Waals surface area contributed by atoms with E-state index < -0.39 is 11.9 Å². The number of amides is 2. The summed E-state index contributed by atoms with van der Waals surface area (Å²) >= 11 is 0. The zero-order valence-electron chi connectivity index (χ0n) is 14.1. The Balaban J connectivity index is 1.61. The van der Waals surface area contributed by atoms with Gasteiger partial charge in [-0.2, -0.15) is 18.3 Å². The van der Waals surface area contributed by atoms with Crippen molar-refractivity contribution >= 4 is 11.7 Å². The predicted molar refractivity (Wildman–Crippen MR) is 89.6 cm³/mol. The number of aromatic nitrogens is 2. The molecule has 6 nitrogen and oxygen atoms in total. The monoisotopic (exact) mass is 368 g/mol. The SMILES string of the molecule is Cn1nc(C(F)(F)F)cc1-c1ccc(NC(=O)NCC2CCCO2)cc1. The molecular weight excluding hydrogens is 349 g/mol. The van der Waals surface area contributed by atoms with Crippen LogP contribution in [0.4, 0.5) is 23.7 Å². The largest absolute Gasteiger partial charge is 0.435 e. The zero-order chi connectivity index (χ0) is 18.7. The molecule has 1 aliphatic rings. The van der Waals surface area contributed by atoms with Crippen LogP contribution in [0.25, 0.3) is 11.3 Å². The van der Waals surface area contributed by atoms with Crippen LogP contribution in [0.5, 0.6) is 0 Å². The van der Waals surface area contributed by atoms with Gasteiger partial charge in [0.2, 0.25) is 0 Å². The van der Waals surface area contributed by atoms with E-state index in [0.717, 1.165) is 25.5 Å². The minimum absolute atomic E-state index is 0.0517. The maximum absolute atomic E-state index is 12.7. The van der Waals surface area contributed by atoms with Crippen molar-refractivity contribution in [3.8, 4) is 11.3 Å². The van der Waals surface area contributed by atoms with E-state index in [9.17, 15) is 18.0 Å². The van der Waals surface area contributed by atoms with E-state index in [-0.39, 0.29) is 12.1 Å². The molecule has 1 fully saturated rings. The Morgan fingerprint density at radius 3 is 2.65 bits per heavy atom. The summed E-state index contributed by atoms with van der Waals surface area (Å²) in [6, 6.07) is 7.16. The Morgan fingerprint density at radius 1 is 1.35 bits per heavy atom. The van der Waals surface area contributed by atoms with Gasteiger partial charge >= 0.3 is 12.2 Å². The number of ether oxygens (including phenoxy) is 1. The maximum Gasteiger partial charge on any atom is 0.435 e. The van der Waals surface area contributed by atoms with Crippen molar-refractivity contribution in [1.29, 1.82) is 0 Å². The Hall–Kier alpha value is -2.55. The van der Waals surface area contributed by atoms with Gasteiger partial charge in [-0.3, -0.25) is 4.68 Å². The Labute approximate surface area is 148 Å². The summed E-state index contributed by atoms with van der Waals surface area (Å²) in [5.74, 6) is 0. The van der Waals surface area contributed by atoms with Crippen molar-refractivity contribution in [3.63, 3.8) is 0 Å². The number of carbonyl (C=O) groups is 1. The summed E-state index contributed by atoms with van der Waals surface area (Å²) in [7, 11) is 1.45. The number of benzene rings is 1. The minimum atomic E-state index is -4.49. The molecule has 0 saturated carbocycles. The van der Waals surface area contributed by atoms with Crippen LogP contribution >= 0.6 is 0 Å². The predicted octanol–water partition coefficient (Wildman–Crippen LogP) is 3.41. The van der Waals surface area contributed by atoms with Crippen LogP contribution in [0.2, 0.25) is 0 Å². The second-order valence-electron chi connectivity index (χ2n) is 6.08. The second kappa shape index (κ2) is 7.36. The number of hydrogen-bond donors (Lipinski definition) is 2. The van der Waals surface area contributed by atoms with Gasteiger partial charge in [0, 0.05) is 25.9 Å². The lowest BCUT2D eigenvalue weighted by molar-refractivity contribution is -0.141. The van der Waals surface area contributed by atoms with Crippen molar-refractivity contribution in [2.24, 2.45) is 7.05 Å². The molecule has 1 unspecified atom stereocenters. The molecule has 0 radical (unpaired) electrons. The fourth-order valence-corrected chi connectivity index (χ4v) is 2.79. The average molecular weight is 368 g/mol. The van der Waals surface area contributed by atoms with Gasteiger partial charge in [0.05, 0.1) is 11.8 Å². The van der Waals surface area contributed by atoms with E-state index in [1.165, 1.54) is 11.7 Å². The zero-order valence-corrected chi connectivity index (χ0v) is 14.1. The van der Waals surface area contributed by atoms with Gasteiger partial charge in [-0.1, -0.05) is 12.1 Å². The van der Waals surface area contributed by atoms with Gasteiger partial charge in [-0.25, -0.2) is 4.79 Å². The number of carbonyl (C=O) groups excluding carboxylic acids is 1. The highest BCUT2D eigenvalue weighted by Crippen LogP contribution is 2.31. The number of aryl methyl sites for hydroxylation is 1. The van der Waals surface area contributed by atoms with Crippen LogP contribution in [-0.2, 0) is 18.0 Å². The second-order valence-corrected chi connectivity index (χ2v) is 6.08. The Kier molecular flexibility index (Phi) is 5.17. The van der Waals surface area contributed by atoms with Crippen molar-refractivity contribution in [1.82, 2.24) is 15.1 Å². The number of alkyl halides is 3. The molecule has 1 aromatic heterocycles. The Morgan fingerprint density at radius 2 is 2.08 bits per heavy atom. The maximum atomic E-state index is 12.7. The third-order valence-electron chi connectivity index (χ3n) is 4.12. The van der Waals surface area contributed by atoms with E-state index in [0.29, 0.717) is 23.5 Å². The first-order valence-corrected chi connectivity index (χ1v) is 8.21. The van der Waals surface area contributed by atoms with Gasteiger partial charge < -0.3 is 15.4 Å². The van der Waals surface area contributed by atoms with Crippen molar-refractivity contribution in [2.75, 3.05) is 18.5 Å². The first kappa shape index (κ1) is 18.2. The molecule has 1 aliphatic heterocycles. The molecule has 0 bridgehead atoms. The summed E-state index contributed by atoms with van der Waals surface area (Å²) in [5, 5.41) is 8.91. The smallest absolute Gasteiger partial charge is 0.376 e. The number of halogens is 3.